The van der Waals surface area contributed by atoms with Crippen LogP contribution >= 0.6 is 24.8 Å². The monoisotopic (exact) mass is 273 g/mol. The summed E-state index contributed by atoms with van der Waals surface area (Å²) in [4.78, 5) is 2.36. The minimum Gasteiger partial charge on any atom is -0.369 e. The van der Waals surface area contributed by atoms with Crippen LogP contribution in [0.2, 0.25) is 0 Å². The van der Waals surface area contributed by atoms with Gasteiger partial charge in [0.15, 0.2) is 0 Å². The summed E-state index contributed by atoms with van der Waals surface area (Å²) in [5.41, 5.74) is 2.35. The zero-order valence-corrected chi connectivity index (χ0v) is 11.2. The molecule has 1 aromatic carbocycles. The van der Waals surface area contributed by atoms with Gasteiger partial charge in [-0.2, -0.15) is 5.26 Å². The smallest absolute Gasteiger partial charge is 0.0669 e. The molecule has 5 heteroatoms. The zero-order valence-electron chi connectivity index (χ0n) is 9.56. The van der Waals surface area contributed by atoms with Gasteiger partial charge in [0.05, 0.1) is 12.5 Å². The van der Waals surface area contributed by atoms with E-state index in [0.29, 0.717) is 6.42 Å². The van der Waals surface area contributed by atoms with E-state index in [4.69, 9.17) is 5.26 Å². The summed E-state index contributed by atoms with van der Waals surface area (Å²) in [6.45, 7) is 4.19. The molecule has 0 aromatic heterocycles. The van der Waals surface area contributed by atoms with Crippen LogP contribution in [0.1, 0.15) is 5.56 Å². The Hall–Kier alpha value is -0.950. The summed E-state index contributed by atoms with van der Waals surface area (Å²) in [6.07, 6.45) is 0.500. The molecule has 0 saturated carbocycles. The van der Waals surface area contributed by atoms with Crippen LogP contribution in [0.4, 0.5) is 5.69 Å². The Bertz CT molecular complexity index is 370. The van der Waals surface area contributed by atoms with Gasteiger partial charge in [-0.3, -0.25) is 0 Å². The van der Waals surface area contributed by atoms with Crippen LogP contribution in [0.5, 0.6) is 0 Å². The first-order valence-corrected chi connectivity index (χ1v) is 5.32. The minimum absolute atomic E-state index is 0. The summed E-state index contributed by atoms with van der Waals surface area (Å²) in [7, 11) is 0. The molecule has 0 radical (unpaired) electrons. The maximum Gasteiger partial charge on any atom is 0.0669 e. The summed E-state index contributed by atoms with van der Waals surface area (Å²) in [6, 6.07) is 10.5. The van der Waals surface area contributed by atoms with Crippen molar-refractivity contribution in [2.75, 3.05) is 31.1 Å². The number of hydrogen-bond donors (Lipinski definition) is 1. The standard InChI is InChI=1S/C12H15N3.2ClH/c13-5-4-11-2-1-3-12(10-11)15-8-6-14-7-9-15;;/h1-3,10,14H,4,6-9H2;2*1H. The Kier molecular flexibility index (Phi) is 7.73. The zero-order chi connectivity index (χ0) is 10.5. The van der Waals surface area contributed by atoms with E-state index in [1.54, 1.807) is 0 Å². The van der Waals surface area contributed by atoms with E-state index in [1.807, 2.05) is 12.1 Å². The van der Waals surface area contributed by atoms with Gasteiger partial charge in [0.2, 0.25) is 0 Å². The Labute approximate surface area is 115 Å². The predicted octanol–water partition coefficient (Wildman–Crippen LogP) is 2.01. The first-order chi connectivity index (χ1) is 7.40. The highest BCUT2D eigenvalue weighted by molar-refractivity contribution is 5.85. The van der Waals surface area contributed by atoms with Gasteiger partial charge >= 0.3 is 0 Å². The van der Waals surface area contributed by atoms with Gasteiger partial charge in [-0.1, -0.05) is 12.1 Å². The van der Waals surface area contributed by atoms with Crippen molar-refractivity contribution in [2.24, 2.45) is 0 Å². The molecular weight excluding hydrogens is 257 g/mol. The van der Waals surface area contributed by atoms with Gasteiger partial charge in [-0.05, 0) is 17.7 Å². The topological polar surface area (TPSA) is 39.1 Å². The molecule has 3 nitrogen and oxygen atoms in total. The van der Waals surface area contributed by atoms with Crippen molar-refractivity contribution in [3.05, 3.63) is 29.8 Å². The highest BCUT2D eigenvalue weighted by atomic mass is 35.5. The highest BCUT2D eigenvalue weighted by Crippen LogP contribution is 2.16. The normalized spacial score (nSPS) is 14.2. The third-order valence-corrected chi connectivity index (χ3v) is 2.68. The number of rotatable bonds is 2. The van der Waals surface area contributed by atoms with Crippen LogP contribution in [0.25, 0.3) is 0 Å². The fraction of sp³-hybridized carbons (Fsp3) is 0.417. The van der Waals surface area contributed by atoms with Crippen LogP contribution in [0.15, 0.2) is 24.3 Å². The maximum atomic E-state index is 8.65. The van der Waals surface area contributed by atoms with E-state index >= 15 is 0 Å². The van der Waals surface area contributed by atoms with Crippen molar-refractivity contribution < 1.29 is 0 Å². The fourth-order valence-electron chi connectivity index (χ4n) is 1.88. The molecule has 0 bridgehead atoms. The molecule has 0 spiro atoms. The Morgan fingerprint density at radius 2 is 1.94 bits per heavy atom. The number of benzene rings is 1. The lowest BCUT2D eigenvalue weighted by Crippen LogP contribution is -2.43. The minimum atomic E-state index is 0. The van der Waals surface area contributed by atoms with E-state index in [-0.39, 0.29) is 24.8 Å². The SMILES string of the molecule is Cl.Cl.N#CCc1cccc(N2CCNCC2)c1. The molecule has 0 amide bonds. The lowest BCUT2D eigenvalue weighted by Gasteiger charge is -2.29. The molecule has 94 valence electrons. The van der Waals surface area contributed by atoms with Gasteiger partial charge in [0, 0.05) is 31.9 Å². The Balaban J connectivity index is 0.00000128. The van der Waals surface area contributed by atoms with E-state index in [9.17, 15) is 0 Å². The first-order valence-electron chi connectivity index (χ1n) is 5.32. The third-order valence-electron chi connectivity index (χ3n) is 2.68. The molecule has 1 aromatic rings. The lowest BCUT2D eigenvalue weighted by atomic mass is 10.1. The molecule has 0 unspecified atom stereocenters. The Morgan fingerprint density at radius 3 is 2.59 bits per heavy atom. The van der Waals surface area contributed by atoms with Crippen LogP contribution in [-0.2, 0) is 6.42 Å². The molecule has 1 aliphatic rings. The summed E-state index contributed by atoms with van der Waals surface area (Å²) in [5.74, 6) is 0. The lowest BCUT2D eigenvalue weighted by molar-refractivity contribution is 0.589. The molecule has 0 aliphatic carbocycles. The average Bonchev–Trinajstić information content (AvgIpc) is 2.31. The quantitative estimate of drug-likeness (QED) is 0.896. The van der Waals surface area contributed by atoms with E-state index < -0.39 is 0 Å². The van der Waals surface area contributed by atoms with Crippen LogP contribution < -0.4 is 10.2 Å². The molecule has 0 atom stereocenters. The van der Waals surface area contributed by atoms with Gasteiger partial charge < -0.3 is 10.2 Å². The Morgan fingerprint density at radius 1 is 1.24 bits per heavy atom. The average molecular weight is 274 g/mol. The molecule has 17 heavy (non-hydrogen) atoms. The van der Waals surface area contributed by atoms with E-state index in [0.717, 1.165) is 31.7 Å². The summed E-state index contributed by atoms with van der Waals surface area (Å²) < 4.78 is 0. The second-order valence-corrected chi connectivity index (χ2v) is 3.74. The van der Waals surface area contributed by atoms with Gasteiger partial charge in [-0.25, -0.2) is 0 Å². The van der Waals surface area contributed by atoms with Crippen molar-refractivity contribution in [1.29, 1.82) is 5.26 Å². The summed E-state index contributed by atoms with van der Waals surface area (Å²) in [5, 5.41) is 12.0. The number of piperazine rings is 1. The molecule has 1 saturated heterocycles. The highest BCUT2D eigenvalue weighted by Gasteiger charge is 2.10. The van der Waals surface area contributed by atoms with E-state index in [1.165, 1.54) is 5.69 Å². The number of nitrogens with zero attached hydrogens (tertiary/aromatic N) is 2. The van der Waals surface area contributed by atoms with Crippen molar-refractivity contribution in [3.63, 3.8) is 0 Å². The van der Waals surface area contributed by atoms with Gasteiger partial charge in [-0.15, -0.1) is 24.8 Å². The number of nitriles is 1. The second kappa shape index (κ2) is 8.19. The largest absolute Gasteiger partial charge is 0.369 e. The number of halogens is 2. The number of hydrogen-bond acceptors (Lipinski definition) is 3. The summed E-state index contributed by atoms with van der Waals surface area (Å²) >= 11 is 0. The van der Waals surface area contributed by atoms with Crippen molar-refractivity contribution in [1.82, 2.24) is 5.32 Å². The molecular formula is C12H17Cl2N3. The van der Waals surface area contributed by atoms with Gasteiger partial charge in [0.1, 0.15) is 0 Å². The molecule has 1 N–H and O–H groups in total. The van der Waals surface area contributed by atoms with Crippen molar-refractivity contribution >= 4 is 30.5 Å². The second-order valence-electron chi connectivity index (χ2n) is 3.74. The van der Waals surface area contributed by atoms with Crippen LogP contribution in [0.3, 0.4) is 0 Å². The molecule has 1 fully saturated rings. The van der Waals surface area contributed by atoms with Crippen LogP contribution in [-0.4, -0.2) is 26.2 Å². The third kappa shape index (κ3) is 4.43. The maximum absolute atomic E-state index is 8.65. The van der Waals surface area contributed by atoms with Crippen molar-refractivity contribution in [3.8, 4) is 6.07 Å². The predicted molar refractivity (Wildman–Crippen MR) is 75.3 cm³/mol. The first kappa shape index (κ1) is 16.1. The van der Waals surface area contributed by atoms with Crippen molar-refractivity contribution in [2.45, 2.75) is 6.42 Å². The molecule has 1 heterocycles. The molecule has 2 rings (SSSR count). The number of nitrogens with one attached hydrogen (secondary N) is 1. The molecule has 1 aliphatic heterocycles. The van der Waals surface area contributed by atoms with Crippen LogP contribution in [0, 0.1) is 11.3 Å². The number of anilines is 1. The van der Waals surface area contributed by atoms with E-state index in [2.05, 4.69) is 28.4 Å². The fourth-order valence-corrected chi connectivity index (χ4v) is 1.88. The van der Waals surface area contributed by atoms with Gasteiger partial charge in [0.25, 0.3) is 0 Å².